The van der Waals surface area contributed by atoms with Crippen LogP contribution in [0.5, 0.6) is 0 Å². The lowest BCUT2D eigenvalue weighted by Crippen LogP contribution is -2.46. The van der Waals surface area contributed by atoms with Gasteiger partial charge < -0.3 is 0 Å². The first-order valence-electron chi connectivity index (χ1n) is 7.63. The fourth-order valence-corrected chi connectivity index (χ4v) is 2.64. The number of rotatable bonds is 7. The van der Waals surface area contributed by atoms with E-state index in [1.807, 2.05) is 0 Å². The molecule has 1 aliphatic rings. The highest BCUT2D eigenvalue weighted by Gasteiger charge is 2.18. The molecule has 0 radical (unpaired) electrons. The summed E-state index contributed by atoms with van der Waals surface area (Å²) in [5.74, 6) is 0.673. The number of hydrogen-bond donors (Lipinski definition) is 1. The third-order valence-electron chi connectivity index (χ3n) is 3.87. The van der Waals surface area contributed by atoms with Crippen molar-refractivity contribution in [3.05, 3.63) is 26.5 Å². The lowest BCUT2D eigenvalue weighted by molar-refractivity contribution is 0.204. The summed E-state index contributed by atoms with van der Waals surface area (Å²) in [5.41, 5.74) is -1.10. The van der Waals surface area contributed by atoms with Gasteiger partial charge in [0.25, 0.3) is 0 Å². The van der Waals surface area contributed by atoms with Crippen LogP contribution in [0.4, 0.5) is 0 Å². The van der Waals surface area contributed by atoms with Crippen molar-refractivity contribution in [1.29, 1.82) is 0 Å². The fourth-order valence-electron chi connectivity index (χ4n) is 2.64. The molecule has 1 aliphatic heterocycles. The number of nitrogens with zero attached hydrogens (tertiary/aromatic N) is 3. The highest BCUT2D eigenvalue weighted by Crippen LogP contribution is 2.10. The Balaban J connectivity index is 1.79. The highest BCUT2D eigenvalue weighted by molar-refractivity contribution is 4.92. The van der Waals surface area contributed by atoms with Gasteiger partial charge in [-0.25, -0.2) is 5.10 Å². The zero-order chi connectivity index (χ0) is 14.4. The second-order valence-electron chi connectivity index (χ2n) is 5.47. The van der Waals surface area contributed by atoms with Crippen LogP contribution in [0.3, 0.4) is 0 Å². The van der Waals surface area contributed by atoms with Gasteiger partial charge in [-0.15, -0.1) is 0 Å². The van der Waals surface area contributed by atoms with E-state index in [0.29, 0.717) is 18.9 Å². The zero-order valence-electron chi connectivity index (χ0n) is 12.2. The Morgan fingerprint density at radius 2 is 1.85 bits per heavy atom. The highest BCUT2D eigenvalue weighted by atomic mass is 16.2. The topological polar surface area (TPSA) is 71.0 Å². The first kappa shape index (κ1) is 15.0. The minimum absolute atomic E-state index is 0.478. The maximum absolute atomic E-state index is 11.6. The van der Waals surface area contributed by atoms with Gasteiger partial charge in [0.05, 0.1) is 6.54 Å². The lowest BCUT2D eigenvalue weighted by atomic mass is 10.1. The molecule has 0 amide bonds. The summed E-state index contributed by atoms with van der Waals surface area (Å²) in [5, 5.41) is 6.26. The molecule has 0 bridgehead atoms. The third-order valence-corrected chi connectivity index (χ3v) is 3.87. The first-order valence-corrected chi connectivity index (χ1v) is 7.63. The molecule has 1 aromatic rings. The molecule has 0 fully saturated rings. The van der Waals surface area contributed by atoms with Gasteiger partial charge in [0, 0.05) is 13.1 Å². The van der Waals surface area contributed by atoms with Gasteiger partial charge in [0.15, 0.2) is 0 Å². The minimum Gasteiger partial charge on any atom is -0.294 e. The Hall–Kier alpha value is -1.43. The van der Waals surface area contributed by atoms with Crippen LogP contribution in [0.15, 0.2) is 9.59 Å². The Morgan fingerprint density at radius 3 is 2.65 bits per heavy atom. The molecule has 0 saturated carbocycles. The average Bonchev–Trinajstić information content (AvgIpc) is 2.47. The second-order valence-corrected chi connectivity index (χ2v) is 5.47. The molecule has 0 aliphatic carbocycles. The summed E-state index contributed by atoms with van der Waals surface area (Å²) in [6, 6.07) is 0. The van der Waals surface area contributed by atoms with Gasteiger partial charge in [-0.2, -0.15) is 5.10 Å². The molecule has 112 valence electrons. The Labute approximate surface area is 118 Å². The molecule has 0 spiro atoms. The lowest BCUT2D eigenvalue weighted by Gasteiger charge is -2.28. The molecule has 20 heavy (non-hydrogen) atoms. The molecule has 6 heteroatoms. The van der Waals surface area contributed by atoms with Crippen LogP contribution in [-0.2, 0) is 13.1 Å². The zero-order valence-corrected chi connectivity index (χ0v) is 12.2. The molecular weight excluding hydrogens is 256 g/mol. The standard InChI is InChI=1S/C14H24N4O2/c1-2-3-4-5-6-7-8-17-9-10-18-12(11-17)15-16-13(19)14(18)20/h2-11H2,1H3,(H,16,19). The van der Waals surface area contributed by atoms with Crippen molar-refractivity contribution in [3.8, 4) is 0 Å². The number of aromatic amines is 1. The van der Waals surface area contributed by atoms with E-state index in [0.717, 1.165) is 13.1 Å². The monoisotopic (exact) mass is 280 g/mol. The number of fused-ring (bicyclic) bond motifs is 1. The summed E-state index contributed by atoms with van der Waals surface area (Å²) in [6.07, 6.45) is 7.71. The molecule has 0 saturated heterocycles. The van der Waals surface area contributed by atoms with Gasteiger partial charge in [-0.1, -0.05) is 39.0 Å². The van der Waals surface area contributed by atoms with Crippen molar-refractivity contribution in [2.75, 3.05) is 13.1 Å². The van der Waals surface area contributed by atoms with E-state index in [4.69, 9.17) is 0 Å². The predicted octanol–water partition coefficient (Wildman–Crippen LogP) is 1.11. The van der Waals surface area contributed by atoms with E-state index in [9.17, 15) is 9.59 Å². The third kappa shape index (κ3) is 3.79. The van der Waals surface area contributed by atoms with Gasteiger partial charge in [-0.05, 0) is 13.0 Å². The summed E-state index contributed by atoms with van der Waals surface area (Å²) in [6.45, 7) is 5.32. The quantitative estimate of drug-likeness (QED) is 0.600. The smallest absolute Gasteiger partial charge is 0.294 e. The van der Waals surface area contributed by atoms with Crippen LogP contribution >= 0.6 is 0 Å². The van der Waals surface area contributed by atoms with E-state index in [1.165, 1.54) is 43.1 Å². The second kappa shape index (κ2) is 7.38. The van der Waals surface area contributed by atoms with Crippen LogP contribution in [-0.4, -0.2) is 32.8 Å². The van der Waals surface area contributed by atoms with Gasteiger partial charge in [-0.3, -0.25) is 19.1 Å². The number of aromatic nitrogens is 3. The predicted molar refractivity (Wildman–Crippen MR) is 77.8 cm³/mol. The van der Waals surface area contributed by atoms with E-state index in [1.54, 1.807) is 0 Å². The van der Waals surface area contributed by atoms with E-state index >= 15 is 0 Å². The summed E-state index contributed by atoms with van der Waals surface area (Å²) in [4.78, 5) is 25.2. The van der Waals surface area contributed by atoms with Gasteiger partial charge >= 0.3 is 11.1 Å². The molecule has 1 aromatic heterocycles. The van der Waals surface area contributed by atoms with Crippen molar-refractivity contribution in [2.45, 2.75) is 58.5 Å². The average molecular weight is 280 g/mol. The number of H-pyrrole nitrogens is 1. The molecule has 0 aromatic carbocycles. The molecule has 2 rings (SSSR count). The number of nitrogens with one attached hydrogen (secondary N) is 1. The molecule has 0 unspecified atom stereocenters. The maximum Gasteiger partial charge on any atom is 0.330 e. The number of hydrogen-bond acceptors (Lipinski definition) is 4. The van der Waals surface area contributed by atoms with E-state index in [-0.39, 0.29) is 0 Å². The van der Waals surface area contributed by atoms with Crippen molar-refractivity contribution >= 4 is 0 Å². The van der Waals surface area contributed by atoms with Crippen molar-refractivity contribution in [1.82, 2.24) is 19.7 Å². The van der Waals surface area contributed by atoms with E-state index < -0.39 is 11.1 Å². The minimum atomic E-state index is -0.627. The maximum atomic E-state index is 11.6. The number of unbranched alkanes of at least 4 members (excludes halogenated alkanes) is 5. The van der Waals surface area contributed by atoms with Gasteiger partial charge in [0.2, 0.25) is 0 Å². The first-order chi connectivity index (χ1) is 9.72. The fraction of sp³-hybridized carbons (Fsp3) is 0.786. The SMILES string of the molecule is CCCCCCCCN1CCn2c(n[nH]c(=O)c2=O)C1. The summed E-state index contributed by atoms with van der Waals surface area (Å²) >= 11 is 0. The Morgan fingerprint density at radius 1 is 1.10 bits per heavy atom. The van der Waals surface area contributed by atoms with Crippen molar-refractivity contribution < 1.29 is 0 Å². The molecule has 6 nitrogen and oxygen atoms in total. The van der Waals surface area contributed by atoms with Crippen LogP contribution in [0.25, 0.3) is 0 Å². The largest absolute Gasteiger partial charge is 0.330 e. The van der Waals surface area contributed by atoms with Gasteiger partial charge in [0.1, 0.15) is 5.82 Å². The van der Waals surface area contributed by atoms with Crippen LogP contribution < -0.4 is 11.1 Å². The van der Waals surface area contributed by atoms with Crippen LogP contribution in [0.1, 0.15) is 51.3 Å². The van der Waals surface area contributed by atoms with Crippen LogP contribution in [0, 0.1) is 0 Å². The van der Waals surface area contributed by atoms with E-state index in [2.05, 4.69) is 22.0 Å². The Kier molecular flexibility index (Phi) is 5.52. The normalized spacial score (nSPS) is 15.2. The molecule has 2 heterocycles. The molecule has 1 N–H and O–H groups in total. The Bertz CT molecular complexity index is 535. The summed E-state index contributed by atoms with van der Waals surface area (Å²) in [7, 11) is 0. The summed E-state index contributed by atoms with van der Waals surface area (Å²) < 4.78 is 1.50. The van der Waals surface area contributed by atoms with Crippen molar-refractivity contribution in [3.63, 3.8) is 0 Å². The van der Waals surface area contributed by atoms with Crippen LogP contribution in [0.2, 0.25) is 0 Å². The van der Waals surface area contributed by atoms with Crippen molar-refractivity contribution in [2.24, 2.45) is 0 Å². The molecular formula is C14H24N4O2. The molecule has 0 atom stereocenters.